The standard InChI is InChI=1S/C16H16BrF2NO/c1-2-9-21-13-6-4-3-5-10(13)16(20)11-7-8-12(18)15(19)14(11)17/h3-8,16H,2,9,20H2,1H3. The molecule has 0 aliphatic heterocycles. The van der Waals surface area contributed by atoms with E-state index in [1.54, 1.807) is 0 Å². The van der Waals surface area contributed by atoms with Crippen molar-refractivity contribution in [1.82, 2.24) is 0 Å². The second kappa shape index (κ2) is 7.00. The Kier molecular flexibility index (Phi) is 5.31. The van der Waals surface area contributed by atoms with Gasteiger partial charge in [0, 0.05) is 5.56 Å². The predicted molar refractivity (Wildman–Crippen MR) is 82.3 cm³/mol. The molecule has 0 radical (unpaired) electrons. The Morgan fingerprint density at radius 3 is 2.57 bits per heavy atom. The van der Waals surface area contributed by atoms with E-state index in [4.69, 9.17) is 10.5 Å². The minimum Gasteiger partial charge on any atom is -0.493 e. The molecule has 1 unspecified atom stereocenters. The molecule has 2 aromatic rings. The number of ether oxygens (including phenoxy) is 1. The molecule has 0 amide bonds. The molecule has 21 heavy (non-hydrogen) atoms. The zero-order chi connectivity index (χ0) is 15.4. The summed E-state index contributed by atoms with van der Waals surface area (Å²) in [5.74, 6) is -1.19. The van der Waals surface area contributed by atoms with Crippen molar-refractivity contribution in [2.75, 3.05) is 6.61 Å². The van der Waals surface area contributed by atoms with Gasteiger partial charge in [0.15, 0.2) is 11.6 Å². The number of rotatable bonds is 5. The summed E-state index contributed by atoms with van der Waals surface area (Å²) in [5, 5.41) is 0. The first-order chi connectivity index (χ1) is 10.1. The van der Waals surface area contributed by atoms with E-state index in [9.17, 15) is 8.78 Å². The SMILES string of the molecule is CCCOc1ccccc1C(N)c1ccc(F)c(F)c1Br. The van der Waals surface area contributed by atoms with Crippen LogP contribution in [0.3, 0.4) is 0 Å². The number of para-hydroxylation sites is 1. The molecule has 2 aromatic carbocycles. The first kappa shape index (κ1) is 15.9. The van der Waals surface area contributed by atoms with E-state index in [2.05, 4.69) is 15.9 Å². The Morgan fingerprint density at radius 1 is 1.14 bits per heavy atom. The van der Waals surface area contributed by atoms with Crippen LogP contribution in [0.15, 0.2) is 40.9 Å². The number of nitrogens with two attached hydrogens (primary N) is 1. The van der Waals surface area contributed by atoms with Crippen molar-refractivity contribution in [3.8, 4) is 5.75 Å². The Bertz CT molecular complexity index is 634. The lowest BCUT2D eigenvalue weighted by molar-refractivity contribution is 0.313. The summed E-state index contributed by atoms with van der Waals surface area (Å²) < 4.78 is 32.6. The first-order valence-corrected chi connectivity index (χ1v) is 7.46. The van der Waals surface area contributed by atoms with Crippen LogP contribution in [0.1, 0.15) is 30.5 Å². The molecule has 2 rings (SSSR count). The lowest BCUT2D eigenvalue weighted by atomic mass is 9.98. The van der Waals surface area contributed by atoms with E-state index >= 15 is 0 Å². The average molecular weight is 356 g/mol. The number of halogens is 3. The van der Waals surface area contributed by atoms with E-state index in [-0.39, 0.29) is 4.47 Å². The number of hydrogen-bond donors (Lipinski definition) is 1. The summed E-state index contributed by atoms with van der Waals surface area (Å²) in [7, 11) is 0. The molecule has 2 N–H and O–H groups in total. The summed E-state index contributed by atoms with van der Waals surface area (Å²) in [6, 6.07) is 9.27. The van der Waals surface area contributed by atoms with Crippen LogP contribution in [0.2, 0.25) is 0 Å². The lowest BCUT2D eigenvalue weighted by Crippen LogP contribution is -2.15. The highest BCUT2D eigenvalue weighted by Gasteiger charge is 2.20. The Hall–Kier alpha value is -1.46. The van der Waals surface area contributed by atoms with E-state index < -0.39 is 17.7 Å². The quantitative estimate of drug-likeness (QED) is 0.797. The van der Waals surface area contributed by atoms with Gasteiger partial charge in [-0.3, -0.25) is 0 Å². The smallest absolute Gasteiger partial charge is 0.173 e. The van der Waals surface area contributed by atoms with Crippen LogP contribution in [0, 0.1) is 11.6 Å². The van der Waals surface area contributed by atoms with Gasteiger partial charge < -0.3 is 10.5 Å². The second-order valence-electron chi connectivity index (χ2n) is 4.63. The zero-order valence-corrected chi connectivity index (χ0v) is 13.2. The van der Waals surface area contributed by atoms with Crippen LogP contribution in [-0.2, 0) is 0 Å². The van der Waals surface area contributed by atoms with Gasteiger partial charge in [-0.2, -0.15) is 0 Å². The molecular weight excluding hydrogens is 340 g/mol. The molecule has 0 heterocycles. The first-order valence-electron chi connectivity index (χ1n) is 6.67. The maximum atomic E-state index is 13.7. The molecule has 0 aliphatic carbocycles. The summed E-state index contributed by atoms with van der Waals surface area (Å²) in [5.41, 5.74) is 7.42. The van der Waals surface area contributed by atoms with Crippen molar-refractivity contribution in [1.29, 1.82) is 0 Å². The van der Waals surface area contributed by atoms with Crippen molar-refractivity contribution in [3.63, 3.8) is 0 Å². The highest BCUT2D eigenvalue weighted by atomic mass is 79.9. The molecule has 1 atom stereocenters. The van der Waals surface area contributed by atoms with Crippen molar-refractivity contribution in [2.45, 2.75) is 19.4 Å². The highest BCUT2D eigenvalue weighted by Crippen LogP contribution is 2.34. The van der Waals surface area contributed by atoms with Crippen molar-refractivity contribution in [3.05, 3.63) is 63.6 Å². The third-order valence-electron chi connectivity index (χ3n) is 3.12. The Morgan fingerprint density at radius 2 is 1.86 bits per heavy atom. The third kappa shape index (κ3) is 3.41. The second-order valence-corrected chi connectivity index (χ2v) is 5.42. The van der Waals surface area contributed by atoms with E-state index in [0.29, 0.717) is 17.9 Å². The van der Waals surface area contributed by atoms with Gasteiger partial charge in [0.25, 0.3) is 0 Å². The van der Waals surface area contributed by atoms with Crippen LogP contribution in [0.25, 0.3) is 0 Å². The number of hydrogen-bond acceptors (Lipinski definition) is 2. The van der Waals surface area contributed by atoms with Gasteiger partial charge in [-0.15, -0.1) is 0 Å². The van der Waals surface area contributed by atoms with Crippen LogP contribution in [-0.4, -0.2) is 6.61 Å². The molecule has 0 aromatic heterocycles. The van der Waals surface area contributed by atoms with Crippen LogP contribution >= 0.6 is 15.9 Å². The van der Waals surface area contributed by atoms with E-state index in [0.717, 1.165) is 18.1 Å². The fourth-order valence-corrected chi connectivity index (χ4v) is 2.60. The maximum Gasteiger partial charge on any atom is 0.173 e. The van der Waals surface area contributed by atoms with Gasteiger partial charge in [0.05, 0.1) is 17.1 Å². The van der Waals surface area contributed by atoms with Gasteiger partial charge in [-0.1, -0.05) is 31.2 Å². The average Bonchev–Trinajstić information content (AvgIpc) is 2.50. The molecule has 0 saturated heterocycles. The monoisotopic (exact) mass is 355 g/mol. The van der Waals surface area contributed by atoms with Gasteiger partial charge in [-0.25, -0.2) is 8.78 Å². The number of benzene rings is 2. The molecule has 0 aliphatic rings. The third-order valence-corrected chi connectivity index (χ3v) is 3.92. The minimum absolute atomic E-state index is 0.0419. The Balaban J connectivity index is 2.41. The van der Waals surface area contributed by atoms with Crippen LogP contribution in [0.4, 0.5) is 8.78 Å². The van der Waals surface area contributed by atoms with Crippen molar-refractivity contribution in [2.24, 2.45) is 5.73 Å². The molecule has 2 nitrogen and oxygen atoms in total. The van der Waals surface area contributed by atoms with E-state index in [1.807, 2.05) is 31.2 Å². The normalized spacial score (nSPS) is 12.2. The van der Waals surface area contributed by atoms with Gasteiger partial charge in [0.2, 0.25) is 0 Å². The fourth-order valence-electron chi connectivity index (χ4n) is 2.03. The predicted octanol–water partition coefficient (Wildman–Crippen LogP) is 4.56. The van der Waals surface area contributed by atoms with Gasteiger partial charge in [0.1, 0.15) is 5.75 Å². The van der Waals surface area contributed by atoms with Crippen molar-refractivity contribution < 1.29 is 13.5 Å². The van der Waals surface area contributed by atoms with Crippen LogP contribution in [0.5, 0.6) is 5.75 Å². The Labute approximate surface area is 131 Å². The molecule has 112 valence electrons. The summed E-state index contributed by atoms with van der Waals surface area (Å²) in [4.78, 5) is 0. The topological polar surface area (TPSA) is 35.2 Å². The van der Waals surface area contributed by atoms with E-state index in [1.165, 1.54) is 6.07 Å². The fraction of sp³-hybridized carbons (Fsp3) is 0.250. The maximum absolute atomic E-state index is 13.7. The molecule has 0 fully saturated rings. The van der Waals surface area contributed by atoms with Gasteiger partial charge in [-0.05, 0) is 40.0 Å². The lowest BCUT2D eigenvalue weighted by Gasteiger charge is -2.18. The molecule has 0 bridgehead atoms. The highest BCUT2D eigenvalue weighted by molar-refractivity contribution is 9.10. The zero-order valence-electron chi connectivity index (χ0n) is 11.6. The summed E-state index contributed by atoms with van der Waals surface area (Å²) in [6.45, 7) is 2.58. The summed E-state index contributed by atoms with van der Waals surface area (Å²) >= 11 is 3.07. The molecule has 0 saturated carbocycles. The molecule has 5 heteroatoms. The summed E-state index contributed by atoms with van der Waals surface area (Å²) in [6.07, 6.45) is 0.873. The van der Waals surface area contributed by atoms with Gasteiger partial charge >= 0.3 is 0 Å². The largest absolute Gasteiger partial charge is 0.493 e. The van der Waals surface area contributed by atoms with Crippen LogP contribution < -0.4 is 10.5 Å². The van der Waals surface area contributed by atoms with Crippen molar-refractivity contribution >= 4 is 15.9 Å². The minimum atomic E-state index is -0.935. The molecular formula is C16H16BrF2NO. The molecule has 0 spiro atoms.